The Morgan fingerprint density at radius 3 is 1.74 bits per heavy atom. The molecule has 0 saturated carbocycles. The molecule has 22 nitrogen and oxygen atoms in total. The number of ether oxygens (including phenoxy) is 4. The molecule has 3 amide bonds. The van der Waals surface area contributed by atoms with Gasteiger partial charge in [-0.3, -0.25) is 49.6 Å². The monoisotopic (exact) mass is 864 g/mol. The van der Waals surface area contributed by atoms with Gasteiger partial charge in [0.05, 0.1) is 26.7 Å². The van der Waals surface area contributed by atoms with Gasteiger partial charge in [-0.1, -0.05) is 11.8 Å². The summed E-state index contributed by atoms with van der Waals surface area (Å²) in [6, 6.07) is 14.3. The second kappa shape index (κ2) is 20.1. The molecule has 23 heteroatoms. The number of amidine groups is 1. The molecular weight excluding hydrogens is 829 g/mol. The summed E-state index contributed by atoms with van der Waals surface area (Å²) in [4.78, 5) is 115. The van der Waals surface area contributed by atoms with Gasteiger partial charge in [-0.15, -0.1) is 0 Å². The van der Waals surface area contributed by atoms with Crippen molar-refractivity contribution in [1.82, 2.24) is 9.80 Å². The number of thioether (sulfide) groups is 1. The second-order valence-electron chi connectivity index (χ2n) is 13.6. The van der Waals surface area contributed by atoms with Gasteiger partial charge in [-0.05, 0) is 73.4 Å². The molecule has 0 bridgehead atoms. The van der Waals surface area contributed by atoms with E-state index < -0.39 is 81.0 Å². The molecule has 0 N–H and O–H groups in total. The first kappa shape index (κ1) is 44.8. The Morgan fingerprint density at radius 1 is 0.770 bits per heavy atom. The number of nitro groups is 3. The van der Waals surface area contributed by atoms with Gasteiger partial charge in [0.1, 0.15) is 31.8 Å². The lowest BCUT2D eigenvalue weighted by molar-refractivity contribution is -0.385. The number of hydrogen-bond acceptors (Lipinski definition) is 17. The summed E-state index contributed by atoms with van der Waals surface area (Å²) in [6.45, 7) is 2.64. The van der Waals surface area contributed by atoms with Crippen molar-refractivity contribution in [3.8, 4) is 0 Å². The molecule has 61 heavy (non-hydrogen) atoms. The van der Waals surface area contributed by atoms with Gasteiger partial charge >= 0.3 is 24.1 Å². The van der Waals surface area contributed by atoms with Gasteiger partial charge in [0.15, 0.2) is 5.12 Å². The highest BCUT2D eigenvalue weighted by molar-refractivity contribution is 8.14. The van der Waals surface area contributed by atoms with E-state index in [-0.39, 0.29) is 42.1 Å². The average Bonchev–Trinajstić information content (AvgIpc) is 3.70. The van der Waals surface area contributed by atoms with Crippen molar-refractivity contribution in [2.45, 2.75) is 63.9 Å². The summed E-state index contributed by atoms with van der Waals surface area (Å²) in [5, 5.41) is 31.9. The third-order valence-corrected chi connectivity index (χ3v) is 10.7. The fourth-order valence-electron chi connectivity index (χ4n) is 6.30. The molecule has 0 spiro atoms. The minimum Gasteiger partial charge on any atom is -0.454 e. The number of β-lactam (4-membered cyclic amide) rings is 1. The number of carbonyl (C=O) groups excluding carboxylic acids is 6. The second-order valence-corrected chi connectivity index (χ2v) is 14.9. The molecule has 320 valence electrons. The first-order valence-corrected chi connectivity index (χ1v) is 19.1. The van der Waals surface area contributed by atoms with Gasteiger partial charge in [0.25, 0.3) is 17.1 Å². The summed E-state index contributed by atoms with van der Waals surface area (Å²) in [5.41, 5.74) is 0.705. The lowest BCUT2D eigenvalue weighted by Crippen LogP contribution is -2.68. The highest BCUT2D eigenvalue weighted by atomic mass is 32.2. The van der Waals surface area contributed by atoms with Crippen molar-refractivity contribution in [3.05, 3.63) is 120 Å². The Balaban J connectivity index is 1.19. The lowest BCUT2D eigenvalue weighted by Gasteiger charge is -2.46. The van der Waals surface area contributed by atoms with Crippen LogP contribution in [0.4, 0.5) is 26.7 Å². The molecule has 2 aliphatic rings. The number of esters is 1. The van der Waals surface area contributed by atoms with Crippen LogP contribution in [0.5, 0.6) is 0 Å². The number of non-ortho nitro benzene ring substituents is 3. The third kappa shape index (κ3) is 11.9. The first-order chi connectivity index (χ1) is 29.0. The molecule has 5 rings (SSSR count). The van der Waals surface area contributed by atoms with Crippen molar-refractivity contribution >= 4 is 69.8 Å². The molecule has 2 saturated heterocycles. The van der Waals surface area contributed by atoms with Gasteiger partial charge in [0.2, 0.25) is 5.91 Å². The molecule has 2 fully saturated rings. The van der Waals surface area contributed by atoms with Crippen LogP contribution in [0, 0.1) is 36.3 Å². The molecule has 0 aliphatic carbocycles. The van der Waals surface area contributed by atoms with Crippen LogP contribution in [0.1, 0.15) is 43.4 Å². The fourth-order valence-corrected chi connectivity index (χ4v) is 7.42. The van der Waals surface area contributed by atoms with Crippen LogP contribution in [0.3, 0.4) is 0 Å². The zero-order valence-corrected chi connectivity index (χ0v) is 33.1. The molecule has 3 aromatic rings. The number of aliphatic imine (C=N–C) groups is 1. The highest BCUT2D eigenvalue weighted by Gasteiger charge is 2.56. The van der Waals surface area contributed by atoms with Crippen LogP contribution in [-0.4, -0.2) is 96.0 Å². The van der Waals surface area contributed by atoms with E-state index in [0.29, 0.717) is 40.4 Å². The fraction of sp³-hybridized carbons (Fsp3) is 0.342. The van der Waals surface area contributed by atoms with E-state index in [1.807, 2.05) is 0 Å². The maximum Gasteiger partial charge on any atom is 0.508 e. The standard InChI is InChI=1S/C38H36N6O16S/c1-22(60-38(50)59-21-26-7-13-29(14-8-26)44(55)56)33-31(41(34(33)46)35(47)36(48)57-19-24-3-9-27(10-4-24)42(51)52)17-32(45)61-30-15-16-40(18-30)23(2)39-37(49)58-20-25-5-11-28(12-6-25)43(53)54/h3-14,22,30-31,33H,15-21H2,1-2H3/t22-,30+,31-,33-/m1/s1. The molecule has 0 aromatic heterocycles. The molecule has 4 atom stereocenters. The SMILES string of the molecule is CC(=NC(=O)OCc1ccc([N+](=O)[O-])cc1)N1CC[C@H](SC(=O)C[C@@H]2[C@@H]([C@@H](C)OC(=O)OCc3ccc([N+](=O)[O-])cc3)C(=O)N2C(=O)C(=O)OCc2ccc([N+](=O)[O-])cc2)C1. The summed E-state index contributed by atoms with van der Waals surface area (Å²) in [5.74, 6) is -4.73. The maximum absolute atomic E-state index is 13.5. The minimum absolute atomic E-state index is 0.116. The van der Waals surface area contributed by atoms with Crippen LogP contribution in [0.15, 0.2) is 77.8 Å². The van der Waals surface area contributed by atoms with Crippen molar-refractivity contribution < 1.29 is 62.5 Å². The van der Waals surface area contributed by atoms with Crippen LogP contribution < -0.4 is 0 Å². The van der Waals surface area contributed by atoms with Crippen LogP contribution >= 0.6 is 11.8 Å². The lowest BCUT2D eigenvalue weighted by atomic mass is 9.81. The van der Waals surface area contributed by atoms with E-state index in [0.717, 1.165) is 11.8 Å². The number of carbonyl (C=O) groups is 6. The Hall–Kier alpha value is -7.30. The Kier molecular flexibility index (Phi) is 14.8. The van der Waals surface area contributed by atoms with E-state index in [9.17, 15) is 59.1 Å². The summed E-state index contributed by atoms with van der Waals surface area (Å²) in [6.07, 6.45) is -3.35. The summed E-state index contributed by atoms with van der Waals surface area (Å²) in [7, 11) is 0. The Morgan fingerprint density at radius 2 is 1.25 bits per heavy atom. The van der Waals surface area contributed by atoms with Crippen LogP contribution in [-0.2, 0) is 57.9 Å². The largest absolute Gasteiger partial charge is 0.508 e. The maximum atomic E-state index is 13.5. The quantitative estimate of drug-likeness (QED) is 0.0300. The smallest absolute Gasteiger partial charge is 0.454 e. The number of imide groups is 1. The molecular formula is C38H36N6O16S. The van der Waals surface area contributed by atoms with Crippen molar-refractivity contribution in [1.29, 1.82) is 0 Å². The predicted octanol–water partition coefficient (Wildman–Crippen LogP) is 5.03. The molecule has 2 aliphatic heterocycles. The summed E-state index contributed by atoms with van der Waals surface area (Å²) >= 11 is 0.918. The Labute approximate surface area is 349 Å². The van der Waals surface area contributed by atoms with Crippen LogP contribution in [0.2, 0.25) is 0 Å². The van der Waals surface area contributed by atoms with Gasteiger partial charge in [-0.25, -0.2) is 14.4 Å². The minimum atomic E-state index is -1.45. The van der Waals surface area contributed by atoms with E-state index in [1.54, 1.807) is 11.8 Å². The Bertz CT molecular complexity index is 2240. The number of amides is 3. The van der Waals surface area contributed by atoms with Gasteiger partial charge < -0.3 is 23.8 Å². The van der Waals surface area contributed by atoms with E-state index >= 15 is 0 Å². The van der Waals surface area contributed by atoms with E-state index in [1.165, 1.54) is 79.7 Å². The molecule has 2 heterocycles. The van der Waals surface area contributed by atoms with Gasteiger partial charge in [0, 0.05) is 61.2 Å². The normalized spacial score (nSPS) is 17.7. The third-order valence-electron chi connectivity index (χ3n) is 9.51. The van der Waals surface area contributed by atoms with E-state index in [2.05, 4.69) is 4.99 Å². The van der Waals surface area contributed by atoms with Gasteiger partial charge in [-0.2, -0.15) is 4.99 Å². The van der Waals surface area contributed by atoms with Crippen LogP contribution in [0.25, 0.3) is 0 Å². The van der Waals surface area contributed by atoms with Crippen molar-refractivity contribution in [3.63, 3.8) is 0 Å². The first-order valence-electron chi connectivity index (χ1n) is 18.2. The number of rotatable bonds is 14. The molecule has 0 radical (unpaired) electrons. The average molecular weight is 865 g/mol. The predicted molar refractivity (Wildman–Crippen MR) is 209 cm³/mol. The molecule has 0 unspecified atom stereocenters. The zero-order chi connectivity index (χ0) is 44.4. The number of nitrogens with zero attached hydrogens (tertiary/aromatic N) is 6. The van der Waals surface area contributed by atoms with Crippen molar-refractivity contribution in [2.24, 2.45) is 10.9 Å². The van der Waals surface area contributed by atoms with Crippen molar-refractivity contribution in [2.75, 3.05) is 13.1 Å². The number of hydrogen-bond donors (Lipinski definition) is 0. The number of nitro benzene ring substituents is 3. The molecule has 3 aromatic carbocycles. The zero-order valence-electron chi connectivity index (χ0n) is 32.3. The highest BCUT2D eigenvalue weighted by Crippen LogP contribution is 2.36. The topological polar surface area (TPSA) is 288 Å². The number of likely N-dealkylation sites (tertiary alicyclic amines) is 2. The number of benzene rings is 3. The summed E-state index contributed by atoms with van der Waals surface area (Å²) < 4.78 is 20.6. The van der Waals surface area contributed by atoms with E-state index in [4.69, 9.17) is 18.9 Å².